The van der Waals surface area contributed by atoms with Gasteiger partial charge in [0.15, 0.2) is 18.3 Å². The molecule has 0 aliphatic carbocycles. The van der Waals surface area contributed by atoms with Crippen LogP contribution in [0.5, 0.6) is 0 Å². The lowest BCUT2D eigenvalue weighted by Gasteiger charge is -2.33. The third kappa shape index (κ3) is 18.6. The van der Waals surface area contributed by atoms with Gasteiger partial charge >= 0.3 is 23.9 Å². The van der Waals surface area contributed by atoms with Crippen molar-refractivity contribution in [3.8, 4) is 0 Å². The summed E-state index contributed by atoms with van der Waals surface area (Å²) in [5.74, 6) is -5.36. The Bertz CT molecular complexity index is 879. The molecule has 4 atom stereocenters. The van der Waals surface area contributed by atoms with Crippen molar-refractivity contribution in [2.75, 3.05) is 66.0 Å². The zero-order valence-corrected chi connectivity index (χ0v) is 23.5. The zero-order chi connectivity index (χ0) is 31.9. The Morgan fingerprint density at radius 3 is 1.76 bits per heavy atom. The number of hydrogen-bond donors (Lipinski definition) is 3. The Balaban J connectivity index is 4.81. The number of carboxylic acid groups (broad SMARTS) is 1. The lowest BCUT2D eigenvalue weighted by atomic mass is 9.99. The van der Waals surface area contributed by atoms with Gasteiger partial charge in [0.1, 0.15) is 19.8 Å². The highest BCUT2D eigenvalue weighted by Gasteiger charge is 2.45. The van der Waals surface area contributed by atoms with E-state index in [1.54, 1.807) is 0 Å². The van der Waals surface area contributed by atoms with Crippen molar-refractivity contribution >= 4 is 42.0 Å². The number of Topliss-reactive ketones (excluding diaryl/α,β-unsaturated/α-hetero) is 1. The van der Waals surface area contributed by atoms with Crippen LogP contribution < -0.4 is 5.32 Å². The van der Waals surface area contributed by atoms with Crippen molar-refractivity contribution in [1.82, 2.24) is 5.32 Å². The monoisotopic (exact) mass is 611 g/mol. The second-order valence-electron chi connectivity index (χ2n) is 8.11. The third-order valence-electron chi connectivity index (χ3n) is 4.63. The molecule has 1 amide bonds. The molecular weight excluding hydrogens is 574 g/mol. The molecule has 0 aromatic rings. The average molecular weight is 612 g/mol. The number of carboxylic acids is 1. The molecule has 18 nitrogen and oxygen atoms in total. The number of aliphatic hydroxyl groups excluding tert-OH is 1. The van der Waals surface area contributed by atoms with Crippen molar-refractivity contribution in [3.05, 3.63) is 0 Å². The Morgan fingerprint density at radius 1 is 0.714 bits per heavy atom. The number of carbonyl (C=O) groups excluding carboxylic acids is 6. The fourth-order valence-corrected chi connectivity index (χ4v) is 3.06. The van der Waals surface area contributed by atoms with Gasteiger partial charge in [-0.3, -0.25) is 28.8 Å². The van der Waals surface area contributed by atoms with Crippen molar-refractivity contribution in [3.63, 3.8) is 0 Å². The number of carbonyl (C=O) groups is 7. The number of esters is 3. The van der Waals surface area contributed by atoms with E-state index in [2.05, 4.69) is 5.32 Å². The second-order valence-corrected chi connectivity index (χ2v) is 8.11. The molecule has 0 bridgehead atoms. The van der Waals surface area contributed by atoms with E-state index in [-0.39, 0.29) is 52.7 Å². The van der Waals surface area contributed by atoms with Crippen LogP contribution >= 0.6 is 0 Å². The first kappa shape index (κ1) is 38.3. The summed E-state index contributed by atoms with van der Waals surface area (Å²) in [7, 11) is 0. The molecule has 0 aromatic carbocycles. The minimum Gasteiger partial charge on any atom is -0.480 e. The SMILES string of the molecule is CC(=O)OC(C(=O)COCCOCCNC(=O)COCCOCC(=O)O)C(OC(C)=O)C(OC(C)=O)C(CO)OC=O. The zero-order valence-electron chi connectivity index (χ0n) is 23.5. The minimum atomic E-state index is -1.87. The fourth-order valence-electron chi connectivity index (χ4n) is 3.06. The molecule has 0 aromatic heterocycles. The minimum absolute atomic E-state index is 0.0119. The number of aliphatic carboxylic acids is 1. The molecule has 42 heavy (non-hydrogen) atoms. The topological polar surface area (TPSA) is 246 Å². The molecule has 0 rings (SSSR count). The molecule has 0 spiro atoms. The Kier molecular flexibility index (Phi) is 20.9. The maximum Gasteiger partial charge on any atom is 0.329 e. The second kappa shape index (κ2) is 22.9. The molecule has 18 heteroatoms. The number of hydrogen-bond acceptors (Lipinski definition) is 16. The van der Waals surface area contributed by atoms with E-state index in [1.807, 2.05) is 0 Å². The summed E-state index contributed by atoms with van der Waals surface area (Å²) in [5, 5.41) is 20.5. The smallest absolute Gasteiger partial charge is 0.329 e. The fraction of sp³-hybridized carbons (Fsp3) is 0.708. The van der Waals surface area contributed by atoms with E-state index in [4.69, 9.17) is 43.0 Å². The number of rotatable bonds is 25. The number of amides is 1. The van der Waals surface area contributed by atoms with Crippen molar-refractivity contribution in [1.29, 1.82) is 0 Å². The van der Waals surface area contributed by atoms with Crippen LogP contribution in [0.3, 0.4) is 0 Å². The normalized spacial score (nSPS) is 13.5. The number of ether oxygens (including phenoxy) is 8. The summed E-state index contributed by atoms with van der Waals surface area (Å²) >= 11 is 0. The molecule has 3 N–H and O–H groups in total. The van der Waals surface area contributed by atoms with Crippen molar-refractivity contribution in [2.24, 2.45) is 0 Å². The van der Waals surface area contributed by atoms with Gasteiger partial charge < -0.3 is 53.4 Å². The average Bonchev–Trinajstić information content (AvgIpc) is 2.90. The van der Waals surface area contributed by atoms with Crippen LogP contribution in [0.2, 0.25) is 0 Å². The van der Waals surface area contributed by atoms with Crippen LogP contribution in [0, 0.1) is 0 Å². The van der Waals surface area contributed by atoms with E-state index >= 15 is 0 Å². The summed E-state index contributed by atoms with van der Waals surface area (Å²) in [4.78, 5) is 80.9. The molecule has 0 radical (unpaired) electrons. The van der Waals surface area contributed by atoms with E-state index in [1.165, 1.54) is 0 Å². The third-order valence-corrected chi connectivity index (χ3v) is 4.63. The maximum absolute atomic E-state index is 12.9. The number of nitrogens with one attached hydrogen (secondary N) is 1. The van der Waals surface area contributed by atoms with Crippen molar-refractivity contribution < 1.29 is 81.7 Å². The van der Waals surface area contributed by atoms with E-state index in [0.717, 1.165) is 20.8 Å². The van der Waals surface area contributed by atoms with Crippen LogP contribution in [0.1, 0.15) is 20.8 Å². The van der Waals surface area contributed by atoms with Gasteiger partial charge in [-0.25, -0.2) is 4.79 Å². The molecule has 0 fully saturated rings. The number of ketones is 1. The quantitative estimate of drug-likeness (QED) is 0.0407. The highest BCUT2D eigenvalue weighted by molar-refractivity contribution is 5.87. The number of aliphatic hydroxyl groups is 1. The van der Waals surface area contributed by atoms with Crippen LogP contribution in [-0.2, 0) is 71.5 Å². The van der Waals surface area contributed by atoms with Gasteiger partial charge in [0, 0.05) is 27.3 Å². The van der Waals surface area contributed by atoms with E-state index in [9.17, 15) is 38.7 Å². The first-order valence-electron chi connectivity index (χ1n) is 12.5. The summed E-state index contributed by atoms with van der Waals surface area (Å²) in [6.45, 7) is 0.663. The van der Waals surface area contributed by atoms with Crippen LogP contribution in [0.25, 0.3) is 0 Å². The largest absolute Gasteiger partial charge is 0.480 e. The predicted octanol–water partition coefficient (Wildman–Crippen LogP) is -2.85. The van der Waals surface area contributed by atoms with Gasteiger partial charge in [-0.05, 0) is 0 Å². The van der Waals surface area contributed by atoms with Gasteiger partial charge in [0.05, 0.1) is 39.6 Å². The van der Waals surface area contributed by atoms with Gasteiger partial charge in [-0.2, -0.15) is 0 Å². The van der Waals surface area contributed by atoms with Crippen LogP contribution in [0.4, 0.5) is 0 Å². The Hall–Kier alpha value is -3.71. The van der Waals surface area contributed by atoms with E-state index < -0.39 is 79.8 Å². The molecule has 0 saturated carbocycles. The van der Waals surface area contributed by atoms with Gasteiger partial charge in [0.2, 0.25) is 17.8 Å². The van der Waals surface area contributed by atoms with E-state index in [0.29, 0.717) is 0 Å². The molecule has 0 aliphatic heterocycles. The van der Waals surface area contributed by atoms with Gasteiger partial charge in [0.25, 0.3) is 6.47 Å². The standard InChI is InChI=1S/C24H37NO17/c1-15(28)40-22(24(42-17(3)30)23(41-16(2)29)19(10-26)39-14-27)18(31)11-36-7-6-35-5-4-25-20(32)12-37-8-9-38-13-21(33)34/h14,19,22-24,26H,4-13H2,1-3H3,(H,25,32)(H,33,34). The maximum atomic E-state index is 12.9. The van der Waals surface area contributed by atoms with Crippen LogP contribution in [-0.4, -0.2) is 143 Å². The summed E-state index contributed by atoms with van der Waals surface area (Å²) in [6, 6.07) is 0. The predicted molar refractivity (Wildman–Crippen MR) is 134 cm³/mol. The lowest BCUT2D eigenvalue weighted by Crippen LogP contribution is -2.55. The molecule has 0 saturated heterocycles. The molecule has 0 aliphatic rings. The molecule has 4 unspecified atom stereocenters. The van der Waals surface area contributed by atoms with Crippen LogP contribution in [0.15, 0.2) is 0 Å². The highest BCUT2D eigenvalue weighted by atomic mass is 16.6. The summed E-state index contributed by atoms with van der Waals surface area (Å²) in [6.07, 6.45) is -7.00. The highest BCUT2D eigenvalue weighted by Crippen LogP contribution is 2.20. The Labute approximate surface area is 240 Å². The lowest BCUT2D eigenvalue weighted by molar-refractivity contribution is -0.199. The first-order valence-corrected chi connectivity index (χ1v) is 12.5. The summed E-state index contributed by atoms with van der Waals surface area (Å²) < 4.78 is 40.1. The van der Waals surface area contributed by atoms with Gasteiger partial charge in [-0.1, -0.05) is 0 Å². The molecular formula is C24H37NO17. The molecule has 240 valence electrons. The van der Waals surface area contributed by atoms with Gasteiger partial charge in [-0.15, -0.1) is 0 Å². The van der Waals surface area contributed by atoms with Crippen molar-refractivity contribution in [2.45, 2.75) is 45.2 Å². The first-order chi connectivity index (χ1) is 19.9. The Morgan fingerprint density at radius 2 is 1.24 bits per heavy atom. The molecule has 0 heterocycles. The summed E-state index contributed by atoms with van der Waals surface area (Å²) in [5.41, 5.74) is 0.